The molecule has 0 saturated carbocycles. The van der Waals surface area contributed by atoms with Crippen molar-refractivity contribution in [2.24, 2.45) is 0 Å². The molecule has 2 unspecified atom stereocenters. The van der Waals surface area contributed by atoms with Crippen LogP contribution in [0.1, 0.15) is 17.2 Å². The summed E-state index contributed by atoms with van der Waals surface area (Å²) in [4.78, 5) is 1.88. The van der Waals surface area contributed by atoms with Crippen molar-refractivity contribution in [3.63, 3.8) is 0 Å². The van der Waals surface area contributed by atoms with Crippen molar-refractivity contribution < 1.29 is 19.7 Å². The third-order valence-electron chi connectivity index (χ3n) is 4.13. The first-order valence-electron chi connectivity index (χ1n) is 8.33. The van der Waals surface area contributed by atoms with E-state index in [2.05, 4.69) is 0 Å². The van der Waals surface area contributed by atoms with Gasteiger partial charge in [0.1, 0.15) is 24.2 Å². The zero-order chi connectivity index (χ0) is 18.9. The average molecular weight is 356 g/mol. The normalized spacial score (nSPS) is 13.1. The molecular formula is C20H24N2O4. The second-order valence-corrected chi connectivity index (χ2v) is 6.01. The van der Waals surface area contributed by atoms with Crippen molar-refractivity contribution in [1.82, 2.24) is 4.90 Å². The van der Waals surface area contributed by atoms with E-state index in [-0.39, 0.29) is 19.3 Å². The summed E-state index contributed by atoms with van der Waals surface area (Å²) in [6, 6.07) is 16.0. The average Bonchev–Trinajstić information content (AvgIpc) is 2.68. The second kappa shape index (κ2) is 9.78. The molecule has 0 spiro atoms. The van der Waals surface area contributed by atoms with Crippen molar-refractivity contribution in [3.8, 4) is 17.6 Å². The Morgan fingerprint density at radius 1 is 1.08 bits per heavy atom. The molecule has 6 nitrogen and oxygen atoms in total. The lowest BCUT2D eigenvalue weighted by atomic mass is 10.1. The van der Waals surface area contributed by atoms with Gasteiger partial charge in [0, 0.05) is 6.54 Å². The van der Waals surface area contributed by atoms with E-state index in [9.17, 15) is 10.2 Å². The zero-order valence-electron chi connectivity index (χ0n) is 15.0. The molecule has 0 aromatic heterocycles. The maximum absolute atomic E-state index is 10.2. The molecule has 2 atom stereocenters. The van der Waals surface area contributed by atoms with Crippen molar-refractivity contribution in [2.75, 3.05) is 33.9 Å². The number of rotatable bonds is 9. The van der Waals surface area contributed by atoms with Gasteiger partial charge in [-0.25, -0.2) is 0 Å². The van der Waals surface area contributed by atoms with Crippen LogP contribution < -0.4 is 9.47 Å². The van der Waals surface area contributed by atoms with Gasteiger partial charge < -0.3 is 19.7 Å². The Morgan fingerprint density at radius 3 is 2.23 bits per heavy atom. The minimum atomic E-state index is -0.719. The van der Waals surface area contributed by atoms with Crippen LogP contribution in [-0.4, -0.2) is 55.1 Å². The van der Waals surface area contributed by atoms with E-state index in [1.54, 1.807) is 31.4 Å². The molecule has 138 valence electrons. The van der Waals surface area contributed by atoms with E-state index in [0.29, 0.717) is 17.9 Å². The first-order valence-corrected chi connectivity index (χ1v) is 8.33. The van der Waals surface area contributed by atoms with Crippen molar-refractivity contribution in [3.05, 3.63) is 59.7 Å². The predicted molar refractivity (Wildman–Crippen MR) is 98.1 cm³/mol. The number of likely N-dealkylation sites (N-methyl/N-ethyl adjacent to an activating group) is 1. The van der Waals surface area contributed by atoms with Gasteiger partial charge in [0.15, 0.2) is 0 Å². The molecule has 0 aliphatic carbocycles. The summed E-state index contributed by atoms with van der Waals surface area (Å²) in [6.45, 7) is 0.399. The number of aliphatic hydroxyl groups is 2. The molecule has 26 heavy (non-hydrogen) atoms. The molecule has 0 aliphatic rings. The van der Waals surface area contributed by atoms with Crippen LogP contribution in [0.4, 0.5) is 0 Å². The van der Waals surface area contributed by atoms with Crippen molar-refractivity contribution in [1.29, 1.82) is 5.26 Å². The van der Waals surface area contributed by atoms with E-state index >= 15 is 0 Å². The van der Waals surface area contributed by atoms with E-state index in [4.69, 9.17) is 14.7 Å². The molecule has 0 fully saturated rings. The van der Waals surface area contributed by atoms with Crippen LogP contribution in [0.25, 0.3) is 0 Å². The van der Waals surface area contributed by atoms with E-state index < -0.39 is 6.10 Å². The Kier molecular flexibility index (Phi) is 7.42. The number of hydrogen-bond acceptors (Lipinski definition) is 6. The maximum Gasteiger partial charge on any atom is 0.119 e. The van der Waals surface area contributed by atoms with Crippen LogP contribution in [-0.2, 0) is 0 Å². The Hall–Kier alpha value is -2.59. The lowest BCUT2D eigenvalue weighted by Gasteiger charge is -2.28. The van der Waals surface area contributed by atoms with Gasteiger partial charge in [-0.2, -0.15) is 5.26 Å². The fraction of sp³-hybridized carbons (Fsp3) is 0.350. The minimum Gasteiger partial charge on any atom is -0.497 e. The van der Waals surface area contributed by atoms with Crippen LogP contribution in [0.5, 0.6) is 11.5 Å². The number of ether oxygens (including phenoxy) is 2. The highest BCUT2D eigenvalue weighted by Crippen LogP contribution is 2.22. The lowest BCUT2D eigenvalue weighted by Crippen LogP contribution is -2.36. The van der Waals surface area contributed by atoms with Gasteiger partial charge >= 0.3 is 0 Å². The van der Waals surface area contributed by atoms with Gasteiger partial charge in [-0.1, -0.05) is 12.1 Å². The Labute approximate surface area is 153 Å². The number of aliphatic hydroxyl groups excluding tert-OH is 2. The van der Waals surface area contributed by atoms with Gasteiger partial charge in [0.2, 0.25) is 0 Å². The maximum atomic E-state index is 10.2. The van der Waals surface area contributed by atoms with Crippen LogP contribution in [0.3, 0.4) is 0 Å². The van der Waals surface area contributed by atoms with Crippen molar-refractivity contribution in [2.45, 2.75) is 12.1 Å². The van der Waals surface area contributed by atoms with E-state index in [1.165, 1.54) is 0 Å². The Bertz CT molecular complexity index is 710. The molecule has 0 heterocycles. The topological polar surface area (TPSA) is 86.0 Å². The highest BCUT2D eigenvalue weighted by Gasteiger charge is 2.19. The van der Waals surface area contributed by atoms with Gasteiger partial charge in [0.05, 0.1) is 31.4 Å². The molecular weight excluding hydrogens is 332 g/mol. The first kappa shape index (κ1) is 19.7. The van der Waals surface area contributed by atoms with Gasteiger partial charge in [-0.15, -0.1) is 0 Å². The fourth-order valence-corrected chi connectivity index (χ4v) is 2.66. The summed E-state index contributed by atoms with van der Waals surface area (Å²) in [5, 5.41) is 28.7. The third kappa shape index (κ3) is 5.46. The van der Waals surface area contributed by atoms with Crippen LogP contribution in [0.2, 0.25) is 0 Å². The van der Waals surface area contributed by atoms with E-state index in [0.717, 1.165) is 11.3 Å². The third-order valence-corrected chi connectivity index (χ3v) is 4.13. The molecule has 0 bridgehead atoms. The minimum absolute atomic E-state index is 0.0635. The lowest BCUT2D eigenvalue weighted by molar-refractivity contribution is 0.0500. The summed E-state index contributed by atoms with van der Waals surface area (Å²) < 4.78 is 10.7. The van der Waals surface area contributed by atoms with Crippen LogP contribution in [0.15, 0.2) is 48.5 Å². The molecule has 2 rings (SSSR count). The standard InChI is InChI=1S/C20H24N2O4/c1-22(20(13-23)16-5-9-18(25-2)10-6-16)12-17(24)14-26-19-7-3-15(11-21)4-8-19/h3-10,17,20,23-24H,12-14H2,1-2H3. The number of methoxy groups -OCH3 is 1. The van der Waals surface area contributed by atoms with Crippen LogP contribution in [0, 0.1) is 11.3 Å². The smallest absolute Gasteiger partial charge is 0.119 e. The Balaban J connectivity index is 1.88. The number of nitriles is 1. The molecule has 2 aromatic rings. The summed E-state index contributed by atoms with van der Waals surface area (Å²) in [5.41, 5.74) is 1.50. The quantitative estimate of drug-likeness (QED) is 0.714. The summed E-state index contributed by atoms with van der Waals surface area (Å²) >= 11 is 0. The number of hydrogen-bond donors (Lipinski definition) is 2. The monoisotopic (exact) mass is 356 g/mol. The van der Waals surface area contributed by atoms with Gasteiger partial charge in [0.25, 0.3) is 0 Å². The number of benzene rings is 2. The molecule has 2 aromatic carbocycles. The zero-order valence-corrected chi connectivity index (χ0v) is 15.0. The van der Waals surface area contributed by atoms with Crippen LogP contribution >= 0.6 is 0 Å². The summed E-state index contributed by atoms with van der Waals surface area (Å²) in [7, 11) is 3.45. The van der Waals surface area contributed by atoms with Gasteiger partial charge in [-0.05, 0) is 49.0 Å². The van der Waals surface area contributed by atoms with E-state index in [1.807, 2.05) is 42.3 Å². The predicted octanol–water partition coefficient (Wildman–Crippen LogP) is 1.97. The second-order valence-electron chi connectivity index (χ2n) is 6.01. The highest BCUT2D eigenvalue weighted by molar-refractivity contribution is 5.34. The molecule has 0 saturated heterocycles. The largest absolute Gasteiger partial charge is 0.497 e. The summed E-state index contributed by atoms with van der Waals surface area (Å²) in [6.07, 6.45) is -0.719. The number of nitrogens with zero attached hydrogens (tertiary/aromatic N) is 2. The molecule has 0 amide bonds. The highest BCUT2D eigenvalue weighted by atomic mass is 16.5. The summed E-state index contributed by atoms with van der Waals surface area (Å²) in [5.74, 6) is 1.35. The molecule has 0 radical (unpaired) electrons. The molecule has 2 N–H and O–H groups in total. The van der Waals surface area contributed by atoms with Crippen molar-refractivity contribution >= 4 is 0 Å². The molecule has 6 heteroatoms. The molecule has 0 aliphatic heterocycles. The first-order chi connectivity index (χ1) is 12.6. The SMILES string of the molecule is COc1ccc(C(CO)N(C)CC(O)COc2ccc(C#N)cc2)cc1. The fourth-order valence-electron chi connectivity index (χ4n) is 2.66. The van der Waals surface area contributed by atoms with Gasteiger partial charge in [-0.3, -0.25) is 4.90 Å². The Morgan fingerprint density at radius 2 is 1.69 bits per heavy atom.